The maximum atomic E-state index is 11.2. The lowest BCUT2D eigenvalue weighted by atomic mass is 9.45. The lowest BCUT2D eigenvalue weighted by Gasteiger charge is -2.64. The Bertz CT molecular complexity index is 391. The van der Waals surface area contributed by atoms with E-state index in [0.29, 0.717) is 0 Å². The van der Waals surface area contributed by atoms with Gasteiger partial charge in [-0.25, -0.2) is 0 Å². The average molecular weight is 327 g/mol. The lowest BCUT2D eigenvalue weighted by molar-refractivity contribution is -0.258. The lowest BCUT2D eigenvalue weighted by Crippen LogP contribution is -2.66. The Morgan fingerprint density at radius 2 is 1.68 bits per heavy atom. The summed E-state index contributed by atoms with van der Waals surface area (Å²) in [5, 5.41) is 11.2. The summed E-state index contributed by atoms with van der Waals surface area (Å²) >= 11 is 1.78. The largest absolute Gasteiger partial charge is 0.390 e. The van der Waals surface area contributed by atoms with Gasteiger partial charge in [0.25, 0.3) is 0 Å². The summed E-state index contributed by atoms with van der Waals surface area (Å²) in [6.07, 6.45) is 14.9. The van der Waals surface area contributed by atoms with Gasteiger partial charge in [-0.2, -0.15) is 0 Å². The summed E-state index contributed by atoms with van der Waals surface area (Å²) in [6.45, 7) is 4.11. The van der Waals surface area contributed by atoms with Crippen LogP contribution in [0.25, 0.3) is 0 Å². The standard InChI is InChI=1S/C19H34O2S/c1-17(2,20)18-10-6-7-11-19(18,21-14-22-3)13-16-9-5-4-8-15(16)12-18/h15-16,20H,4-14H2,1-3H3. The van der Waals surface area contributed by atoms with Gasteiger partial charge in [0, 0.05) is 5.41 Å². The van der Waals surface area contributed by atoms with E-state index in [-0.39, 0.29) is 11.0 Å². The van der Waals surface area contributed by atoms with E-state index in [1.807, 2.05) is 0 Å². The first-order chi connectivity index (χ1) is 10.4. The zero-order valence-electron chi connectivity index (χ0n) is 14.7. The molecule has 3 heteroatoms. The molecule has 0 amide bonds. The maximum Gasteiger partial charge on any atom is 0.0926 e. The average Bonchev–Trinajstić information content (AvgIpc) is 2.49. The zero-order valence-corrected chi connectivity index (χ0v) is 15.5. The van der Waals surface area contributed by atoms with Gasteiger partial charge in [0.1, 0.15) is 0 Å². The number of thioether (sulfide) groups is 1. The van der Waals surface area contributed by atoms with Crippen LogP contribution in [0.3, 0.4) is 0 Å². The fraction of sp³-hybridized carbons (Fsp3) is 1.00. The second-order valence-corrected chi connectivity index (χ2v) is 9.42. The van der Waals surface area contributed by atoms with Crippen LogP contribution < -0.4 is 0 Å². The topological polar surface area (TPSA) is 29.5 Å². The van der Waals surface area contributed by atoms with Crippen molar-refractivity contribution in [2.45, 2.75) is 89.3 Å². The van der Waals surface area contributed by atoms with Crippen LogP contribution in [0.15, 0.2) is 0 Å². The van der Waals surface area contributed by atoms with Crippen molar-refractivity contribution in [2.24, 2.45) is 17.3 Å². The minimum absolute atomic E-state index is 0.0352. The van der Waals surface area contributed by atoms with Crippen molar-refractivity contribution in [3.05, 3.63) is 0 Å². The summed E-state index contributed by atoms with van der Waals surface area (Å²) in [6, 6.07) is 0. The second kappa shape index (κ2) is 6.29. The zero-order chi connectivity index (χ0) is 15.8. The fourth-order valence-corrected chi connectivity index (χ4v) is 6.48. The van der Waals surface area contributed by atoms with Crippen LogP contribution in [-0.4, -0.2) is 28.5 Å². The van der Waals surface area contributed by atoms with Crippen LogP contribution in [0, 0.1) is 17.3 Å². The molecule has 0 bridgehead atoms. The normalized spacial score (nSPS) is 42.5. The van der Waals surface area contributed by atoms with Crippen molar-refractivity contribution in [2.75, 3.05) is 12.2 Å². The van der Waals surface area contributed by atoms with E-state index >= 15 is 0 Å². The highest BCUT2D eigenvalue weighted by Gasteiger charge is 2.64. The summed E-state index contributed by atoms with van der Waals surface area (Å²) in [5.74, 6) is 2.43. The summed E-state index contributed by atoms with van der Waals surface area (Å²) in [4.78, 5) is 0. The quantitative estimate of drug-likeness (QED) is 0.738. The molecule has 0 aromatic heterocycles. The Hall–Kier alpha value is 0.270. The Morgan fingerprint density at radius 3 is 2.32 bits per heavy atom. The molecule has 0 aromatic carbocycles. The van der Waals surface area contributed by atoms with Gasteiger partial charge in [0.2, 0.25) is 0 Å². The number of fused-ring (bicyclic) bond motifs is 2. The molecule has 0 aliphatic heterocycles. The Morgan fingerprint density at radius 1 is 1.05 bits per heavy atom. The van der Waals surface area contributed by atoms with Gasteiger partial charge in [-0.3, -0.25) is 0 Å². The monoisotopic (exact) mass is 326 g/mol. The van der Waals surface area contributed by atoms with Gasteiger partial charge in [0.05, 0.1) is 17.1 Å². The van der Waals surface area contributed by atoms with Crippen LogP contribution in [0.4, 0.5) is 0 Å². The summed E-state index contributed by atoms with van der Waals surface area (Å²) in [7, 11) is 0. The van der Waals surface area contributed by atoms with Crippen LogP contribution in [0.1, 0.15) is 78.1 Å². The van der Waals surface area contributed by atoms with Crippen LogP contribution in [-0.2, 0) is 4.74 Å². The Kier molecular flexibility index (Phi) is 4.89. The number of aliphatic hydroxyl groups is 1. The first-order valence-corrected chi connectivity index (χ1v) is 10.7. The minimum atomic E-state index is -0.645. The second-order valence-electron chi connectivity index (χ2n) is 8.61. The number of rotatable bonds is 4. The number of hydrogen-bond donors (Lipinski definition) is 1. The first kappa shape index (κ1) is 17.1. The molecule has 0 saturated heterocycles. The van der Waals surface area contributed by atoms with Crippen molar-refractivity contribution < 1.29 is 9.84 Å². The maximum absolute atomic E-state index is 11.2. The molecule has 2 nitrogen and oxygen atoms in total. The third-order valence-electron chi connectivity index (χ3n) is 7.20. The number of ether oxygens (including phenoxy) is 1. The molecular weight excluding hydrogens is 292 g/mol. The van der Waals surface area contributed by atoms with Crippen LogP contribution in [0.2, 0.25) is 0 Å². The third-order valence-corrected chi connectivity index (χ3v) is 7.55. The molecule has 0 radical (unpaired) electrons. The predicted molar refractivity (Wildman–Crippen MR) is 94.1 cm³/mol. The van der Waals surface area contributed by atoms with Gasteiger partial charge in [0.15, 0.2) is 0 Å². The fourth-order valence-electron chi connectivity index (χ4n) is 6.14. The van der Waals surface area contributed by atoms with E-state index in [2.05, 4.69) is 20.1 Å². The van der Waals surface area contributed by atoms with Crippen molar-refractivity contribution in [3.8, 4) is 0 Å². The third kappa shape index (κ3) is 2.65. The van der Waals surface area contributed by atoms with Gasteiger partial charge in [-0.15, -0.1) is 11.8 Å². The molecule has 0 spiro atoms. The van der Waals surface area contributed by atoms with Gasteiger partial charge in [-0.1, -0.05) is 38.5 Å². The smallest absolute Gasteiger partial charge is 0.0926 e. The highest BCUT2D eigenvalue weighted by atomic mass is 32.2. The molecule has 0 aromatic rings. The van der Waals surface area contributed by atoms with Gasteiger partial charge in [-0.05, 0) is 57.6 Å². The Balaban J connectivity index is 1.98. The van der Waals surface area contributed by atoms with E-state index in [1.54, 1.807) is 11.8 Å². The molecule has 3 fully saturated rings. The molecule has 128 valence electrons. The SMILES string of the molecule is CSCOC12CCCCC1(C(C)(C)O)CC1CCCCC1C2. The van der Waals surface area contributed by atoms with Crippen LogP contribution >= 0.6 is 11.8 Å². The summed E-state index contributed by atoms with van der Waals surface area (Å²) < 4.78 is 6.61. The number of hydrogen-bond acceptors (Lipinski definition) is 3. The molecule has 3 saturated carbocycles. The van der Waals surface area contributed by atoms with E-state index in [1.165, 1.54) is 51.4 Å². The molecule has 3 aliphatic carbocycles. The summed E-state index contributed by atoms with van der Waals surface area (Å²) in [5.41, 5.74) is -0.758. The molecule has 1 N–H and O–H groups in total. The molecular formula is C19H34O2S. The van der Waals surface area contributed by atoms with Gasteiger partial charge >= 0.3 is 0 Å². The molecule has 22 heavy (non-hydrogen) atoms. The van der Waals surface area contributed by atoms with Crippen molar-refractivity contribution in [1.29, 1.82) is 0 Å². The highest BCUT2D eigenvalue weighted by molar-refractivity contribution is 7.98. The first-order valence-electron chi connectivity index (χ1n) is 9.29. The van der Waals surface area contributed by atoms with Crippen molar-refractivity contribution in [3.63, 3.8) is 0 Å². The van der Waals surface area contributed by atoms with E-state index in [9.17, 15) is 5.11 Å². The van der Waals surface area contributed by atoms with Crippen LogP contribution in [0.5, 0.6) is 0 Å². The Labute approximate surface area is 140 Å². The van der Waals surface area contributed by atoms with E-state index in [4.69, 9.17) is 4.74 Å². The molecule has 4 unspecified atom stereocenters. The van der Waals surface area contributed by atoms with E-state index < -0.39 is 5.60 Å². The molecule has 3 rings (SSSR count). The van der Waals surface area contributed by atoms with Crippen molar-refractivity contribution in [1.82, 2.24) is 0 Å². The van der Waals surface area contributed by atoms with Gasteiger partial charge < -0.3 is 9.84 Å². The molecule has 3 aliphatic rings. The highest BCUT2D eigenvalue weighted by Crippen LogP contribution is 2.64. The van der Waals surface area contributed by atoms with E-state index in [0.717, 1.165) is 30.6 Å². The van der Waals surface area contributed by atoms with Crippen molar-refractivity contribution >= 4 is 11.8 Å². The molecule has 0 heterocycles. The molecule has 4 atom stereocenters. The predicted octanol–water partition coefficient (Wildman–Crippen LogP) is 4.99. The minimum Gasteiger partial charge on any atom is -0.390 e.